The number of hydrogen-bond donors (Lipinski definition) is 1. The number of esters is 1. The minimum atomic E-state index is -0.441. The predicted molar refractivity (Wildman–Crippen MR) is 107 cm³/mol. The first-order chi connectivity index (χ1) is 13.0. The van der Waals surface area contributed by atoms with Crippen molar-refractivity contribution in [1.82, 2.24) is 14.8 Å². The molecule has 1 amide bonds. The third-order valence-corrected chi connectivity index (χ3v) is 6.93. The summed E-state index contributed by atoms with van der Waals surface area (Å²) in [5.74, 6) is 1.07. The first kappa shape index (κ1) is 19.9. The monoisotopic (exact) mass is 408 g/mol. The molecule has 27 heavy (non-hydrogen) atoms. The summed E-state index contributed by atoms with van der Waals surface area (Å²) in [6.07, 6.45) is 5.59. The van der Waals surface area contributed by atoms with Gasteiger partial charge in [-0.05, 0) is 25.3 Å². The highest BCUT2D eigenvalue weighted by Crippen LogP contribution is 2.34. The van der Waals surface area contributed by atoms with E-state index in [1.54, 1.807) is 6.07 Å². The van der Waals surface area contributed by atoms with E-state index in [1.165, 1.54) is 43.1 Å². The normalized spacial score (nSPS) is 14.5. The summed E-state index contributed by atoms with van der Waals surface area (Å²) in [6.45, 7) is 2.00. The lowest BCUT2D eigenvalue weighted by Gasteiger charge is -2.09. The van der Waals surface area contributed by atoms with Crippen LogP contribution in [0.2, 0.25) is 0 Å². The molecule has 0 spiro atoms. The molecule has 1 saturated carbocycles. The van der Waals surface area contributed by atoms with Crippen LogP contribution in [0.15, 0.2) is 11.2 Å². The Kier molecular flexibility index (Phi) is 6.54. The third kappa shape index (κ3) is 4.52. The van der Waals surface area contributed by atoms with E-state index in [0.717, 1.165) is 35.1 Å². The number of ether oxygens (including phenoxy) is 1. The lowest BCUT2D eigenvalue weighted by molar-refractivity contribution is -0.113. The quantitative estimate of drug-likeness (QED) is 0.556. The summed E-state index contributed by atoms with van der Waals surface area (Å²) in [5.41, 5.74) is 0.403. The van der Waals surface area contributed by atoms with Gasteiger partial charge in [-0.1, -0.05) is 31.5 Å². The highest BCUT2D eigenvalue weighted by molar-refractivity contribution is 7.99. The number of aryl methyl sites for hydroxylation is 1. The molecule has 0 aliphatic heterocycles. The number of rotatable bonds is 7. The number of anilines is 1. The van der Waals surface area contributed by atoms with Crippen LogP contribution in [-0.4, -0.2) is 39.5 Å². The van der Waals surface area contributed by atoms with Crippen molar-refractivity contribution in [3.63, 3.8) is 0 Å². The van der Waals surface area contributed by atoms with Gasteiger partial charge in [-0.3, -0.25) is 4.79 Å². The molecular formula is C18H24N4O3S2. The number of methoxy groups -OCH3 is 1. The summed E-state index contributed by atoms with van der Waals surface area (Å²) >= 11 is 2.75. The summed E-state index contributed by atoms with van der Waals surface area (Å²) in [4.78, 5) is 25.3. The molecule has 7 nitrogen and oxygen atoms in total. The van der Waals surface area contributed by atoms with Gasteiger partial charge in [0.2, 0.25) is 5.91 Å². The van der Waals surface area contributed by atoms with E-state index >= 15 is 0 Å². The number of carbonyl (C=O) groups is 2. The molecule has 1 N–H and O–H groups in total. The summed E-state index contributed by atoms with van der Waals surface area (Å²) in [6, 6.07) is 1.77. The minimum absolute atomic E-state index is 0.180. The zero-order valence-corrected chi connectivity index (χ0v) is 17.4. The second-order valence-electron chi connectivity index (χ2n) is 6.52. The fourth-order valence-electron chi connectivity index (χ4n) is 3.25. The Morgan fingerprint density at radius 1 is 1.37 bits per heavy atom. The van der Waals surface area contributed by atoms with Gasteiger partial charge in [0, 0.05) is 17.8 Å². The van der Waals surface area contributed by atoms with E-state index in [2.05, 4.69) is 15.5 Å². The zero-order valence-electron chi connectivity index (χ0n) is 15.8. The van der Waals surface area contributed by atoms with Gasteiger partial charge in [0.1, 0.15) is 10.8 Å². The van der Waals surface area contributed by atoms with E-state index < -0.39 is 5.97 Å². The number of hydrogen-bond acceptors (Lipinski definition) is 7. The second-order valence-corrected chi connectivity index (χ2v) is 8.60. The van der Waals surface area contributed by atoms with Gasteiger partial charge in [0.15, 0.2) is 5.16 Å². The Labute approximate surface area is 166 Å². The molecule has 0 atom stereocenters. The van der Waals surface area contributed by atoms with Crippen molar-refractivity contribution in [3.05, 3.63) is 22.3 Å². The molecule has 1 fully saturated rings. The lowest BCUT2D eigenvalue weighted by Crippen LogP contribution is -2.16. The van der Waals surface area contributed by atoms with Crippen molar-refractivity contribution < 1.29 is 14.3 Å². The maximum absolute atomic E-state index is 12.4. The summed E-state index contributed by atoms with van der Waals surface area (Å²) in [5, 5.41) is 12.7. The molecule has 0 aromatic carbocycles. The number of carbonyl (C=O) groups excluding carboxylic acids is 2. The van der Waals surface area contributed by atoms with Crippen LogP contribution in [0.5, 0.6) is 0 Å². The van der Waals surface area contributed by atoms with Crippen LogP contribution in [0.1, 0.15) is 59.6 Å². The Balaban J connectivity index is 1.62. The maximum atomic E-state index is 12.4. The number of nitrogens with one attached hydrogen (secondary N) is 1. The molecule has 0 radical (unpaired) electrons. The summed E-state index contributed by atoms with van der Waals surface area (Å²) in [7, 11) is 3.29. The minimum Gasteiger partial charge on any atom is -0.465 e. The van der Waals surface area contributed by atoms with Crippen LogP contribution in [0.4, 0.5) is 5.00 Å². The fraction of sp³-hybridized carbons (Fsp3) is 0.556. The molecule has 9 heteroatoms. The van der Waals surface area contributed by atoms with Crippen LogP contribution in [-0.2, 0) is 23.0 Å². The van der Waals surface area contributed by atoms with Gasteiger partial charge in [-0.25, -0.2) is 4.79 Å². The van der Waals surface area contributed by atoms with Crippen molar-refractivity contribution in [2.24, 2.45) is 7.05 Å². The van der Waals surface area contributed by atoms with Crippen LogP contribution in [0.25, 0.3) is 0 Å². The van der Waals surface area contributed by atoms with Crippen LogP contribution in [0.3, 0.4) is 0 Å². The van der Waals surface area contributed by atoms with Crippen LogP contribution < -0.4 is 5.32 Å². The van der Waals surface area contributed by atoms with Crippen LogP contribution >= 0.6 is 23.1 Å². The molecule has 2 heterocycles. The highest BCUT2D eigenvalue weighted by atomic mass is 32.2. The van der Waals surface area contributed by atoms with E-state index in [0.29, 0.717) is 16.5 Å². The van der Waals surface area contributed by atoms with Gasteiger partial charge in [-0.15, -0.1) is 21.5 Å². The van der Waals surface area contributed by atoms with Gasteiger partial charge in [-0.2, -0.15) is 0 Å². The van der Waals surface area contributed by atoms with Gasteiger partial charge >= 0.3 is 5.97 Å². The number of nitrogens with zero attached hydrogens (tertiary/aromatic N) is 3. The maximum Gasteiger partial charge on any atom is 0.340 e. The molecular weight excluding hydrogens is 384 g/mol. The number of thioether (sulfide) groups is 1. The molecule has 1 aliphatic rings. The van der Waals surface area contributed by atoms with E-state index in [4.69, 9.17) is 4.74 Å². The first-order valence-electron chi connectivity index (χ1n) is 9.06. The van der Waals surface area contributed by atoms with E-state index in [1.807, 2.05) is 18.5 Å². The number of thiophene rings is 1. The Morgan fingerprint density at radius 3 is 2.78 bits per heavy atom. The van der Waals surface area contributed by atoms with Gasteiger partial charge in [0.25, 0.3) is 0 Å². The van der Waals surface area contributed by atoms with Crippen molar-refractivity contribution in [2.75, 3.05) is 18.2 Å². The molecule has 0 unspecified atom stereocenters. The average molecular weight is 409 g/mol. The first-order valence-corrected chi connectivity index (χ1v) is 10.9. The smallest absolute Gasteiger partial charge is 0.340 e. The third-order valence-electron chi connectivity index (χ3n) is 4.71. The molecule has 146 valence electrons. The van der Waals surface area contributed by atoms with Crippen molar-refractivity contribution in [2.45, 2.75) is 50.1 Å². The predicted octanol–water partition coefficient (Wildman–Crippen LogP) is 3.61. The topological polar surface area (TPSA) is 86.1 Å². The lowest BCUT2D eigenvalue weighted by atomic mass is 10.1. The molecule has 2 aromatic rings. The highest BCUT2D eigenvalue weighted by Gasteiger charge is 2.24. The summed E-state index contributed by atoms with van der Waals surface area (Å²) < 4.78 is 6.80. The van der Waals surface area contributed by atoms with Crippen molar-refractivity contribution >= 4 is 40.0 Å². The molecule has 0 bridgehead atoms. The van der Waals surface area contributed by atoms with E-state index in [-0.39, 0.29) is 11.7 Å². The molecule has 0 saturated heterocycles. The average Bonchev–Trinajstić information content (AvgIpc) is 3.39. The standard InChI is InChI=1S/C18H24N4O3S2/c1-4-12-9-13(17(24)25-3)16(27-12)19-14(23)10-26-18-21-20-15(22(18)2)11-7-5-6-8-11/h9,11H,4-8,10H2,1-3H3,(H,19,23). The van der Waals surface area contributed by atoms with Crippen LogP contribution in [0, 0.1) is 0 Å². The van der Waals surface area contributed by atoms with E-state index in [9.17, 15) is 9.59 Å². The second kappa shape index (κ2) is 8.88. The Morgan fingerprint density at radius 2 is 2.11 bits per heavy atom. The van der Waals surface area contributed by atoms with Crippen molar-refractivity contribution in [3.8, 4) is 0 Å². The zero-order chi connectivity index (χ0) is 19.4. The fourth-order valence-corrected chi connectivity index (χ4v) is 4.97. The molecule has 2 aromatic heterocycles. The number of amides is 1. The largest absolute Gasteiger partial charge is 0.465 e. The molecule has 3 rings (SSSR count). The van der Waals surface area contributed by atoms with Crippen molar-refractivity contribution in [1.29, 1.82) is 0 Å². The number of aromatic nitrogens is 3. The molecule has 1 aliphatic carbocycles. The van der Waals surface area contributed by atoms with Gasteiger partial charge in [0.05, 0.1) is 18.4 Å². The SMILES string of the molecule is CCc1cc(C(=O)OC)c(NC(=O)CSc2nnc(C3CCCC3)n2C)s1. The Bertz CT molecular complexity index is 825. The Hall–Kier alpha value is -1.87. The van der Waals surface area contributed by atoms with Gasteiger partial charge < -0.3 is 14.6 Å².